The molecule has 0 N–H and O–H groups in total. The standard InChI is InChI=1S/C4H12F2NP/c1-7(2)8(3,4,5)6/h1-4H3. The van der Waals surface area contributed by atoms with Crippen LogP contribution in [0, 0.1) is 0 Å². The van der Waals surface area contributed by atoms with E-state index in [9.17, 15) is 8.39 Å². The van der Waals surface area contributed by atoms with Crippen LogP contribution in [0.5, 0.6) is 0 Å². The Morgan fingerprint density at radius 1 is 1.12 bits per heavy atom. The zero-order valence-electron chi connectivity index (χ0n) is 5.65. The van der Waals surface area contributed by atoms with Gasteiger partial charge in [-0.05, 0) is 0 Å². The van der Waals surface area contributed by atoms with Crippen molar-refractivity contribution in [3.8, 4) is 0 Å². The molecular weight excluding hydrogens is 131 g/mol. The van der Waals surface area contributed by atoms with E-state index in [-0.39, 0.29) is 0 Å². The summed E-state index contributed by atoms with van der Waals surface area (Å²) in [5, 5.41) is 0. The van der Waals surface area contributed by atoms with Gasteiger partial charge in [-0.1, -0.05) is 0 Å². The summed E-state index contributed by atoms with van der Waals surface area (Å²) in [5.41, 5.74) is 0. The van der Waals surface area contributed by atoms with E-state index in [0.29, 0.717) is 0 Å². The van der Waals surface area contributed by atoms with Gasteiger partial charge in [0.1, 0.15) is 0 Å². The second-order valence-corrected chi connectivity index (χ2v) is 6.86. The minimum absolute atomic E-state index is 1.01. The van der Waals surface area contributed by atoms with Crippen molar-refractivity contribution in [2.75, 3.05) is 27.4 Å². The molecule has 0 aromatic rings. The van der Waals surface area contributed by atoms with Gasteiger partial charge in [-0.25, -0.2) is 0 Å². The third-order valence-corrected chi connectivity index (χ3v) is 3.31. The molecule has 1 nitrogen and oxygen atoms in total. The van der Waals surface area contributed by atoms with E-state index in [1.54, 1.807) is 0 Å². The molecule has 0 amide bonds. The van der Waals surface area contributed by atoms with E-state index < -0.39 is 7.38 Å². The molecule has 0 aromatic heterocycles. The van der Waals surface area contributed by atoms with E-state index >= 15 is 0 Å². The van der Waals surface area contributed by atoms with Crippen LogP contribution < -0.4 is 0 Å². The fraction of sp³-hybridized carbons (Fsp3) is 1.00. The van der Waals surface area contributed by atoms with Crippen LogP contribution in [0.2, 0.25) is 0 Å². The summed E-state index contributed by atoms with van der Waals surface area (Å²) in [4.78, 5) is 0. The molecule has 0 rings (SSSR count). The summed E-state index contributed by atoms with van der Waals surface area (Å²) < 4.78 is 26.2. The van der Waals surface area contributed by atoms with Crippen LogP contribution >= 0.6 is 7.38 Å². The molecule has 52 valence electrons. The summed E-state index contributed by atoms with van der Waals surface area (Å²) in [6.45, 7) is 2.01. The molecular formula is C4H12F2NP. The van der Waals surface area contributed by atoms with Crippen molar-refractivity contribution in [1.29, 1.82) is 0 Å². The second-order valence-electron chi connectivity index (χ2n) is 2.59. The van der Waals surface area contributed by atoms with Gasteiger partial charge < -0.3 is 0 Å². The SMILES string of the molecule is CN(C)P(C)(C)(F)F. The van der Waals surface area contributed by atoms with Gasteiger partial charge in [-0.2, -0.15) is 0 Å². The zero-order chi connectivity index (χ0) is 7.02. The molecule has 0 radical (unpaired) electrons. The van der Waals surface area contributed by atoms with Crippen molar-refractivity contribution in [2.45, 2.75) is 0 Å². The topological polar surface area (TPSA) is 3.24 Å². The number of rotatable bonds is 1. The minimum atomic E-state index is -4.35. The van der Waals surface area contributed by atoms with Crippen LogP contribution in [0.1, 0.15) is 0 Å². The first-order valence-electron chi connectivity index (χ1n) is 2.33. The second kappa shape index (κ2) is 1.61. The van der Waals surface area contributed by atoms with Gasteiger partial charge in [-0.15, -0.1) is 0 Å². The summed E-state index contributed by atoms with van der Waals surface area (Å²) in [5.74, 6) is 0. The Morgan fingerprint density at radius 2 is 1.25 bits per heavy atom. The van der Waals surface area contributed by atoms with Crippen LogP contribution in [-0.2, 0) is 0 Å². The molecule has 0 aromatic carbocycles. The first kappa shape index (κ1) is 8.25. The molecule has 0 aliphatic heterocycles. The van der Waals surface area contributed by atoms with Crippen molar-refractivity contribution in [1.82, 2.24) is 4.67 Å². The van der Waals surface area contributed by atoms with E-state index in [0.717, 1.165) is 18.0 Å². The van der Waals surface area contributed by atoms with Gasteiger partial charge >= 0.3 is 47.9 Å². The molecule has 0 atom stereocenters. The molecule has 0 saturated heterocycles. The van der Waals surface area contributed by atoms with Gasteiger partial charge in [0, 0.05) is 0 Å². The normalized spacial score (nSPS) is 18.1. The summed E-state index contributed by atoms with van der Waals surface area (Å²) >= 11 is 0. The Labute approximate surface area is 48.9 Å². The third-order valence-electron chi connectivity index (χ3n) is 1.10. The van der Waals surface area contributed by atoms with Crippen LogP contribution in [0.15, 0.2) is 0 Å². The van der Waals surface area contributed by atoms with E-state index in [4.69, 9.17) is 0 Å². The van der Waals surface area contributed by atoms with Gasteiger partial charge in [0.2, 0.25) is 0 Å². The third kappa shape index (κ3) is 2.53. The van der Waals surface area contributed by atoms with Crippen molar-refractivity contribution in [2.24, 2.45) is 0 Å². The fourth-order valence-corrected chi connectivity index (χ4v) is 0. The zero-order valence-corrected chi connectivity index (χ0v) is 6.54. The van der Waals surface area contributed by atoms with Gasteiger partial charge in [0.05, 0.1) is 0 Å². The Kier molecular flexibility index (Phi) is 1.66. The number of halogens is 2. The van der Waals surface area contributed by atoms with E-state index in [1.165, 1.54) is 14.1 Å². The van der Waals surface area contributed by atoms with Crippen LogP contribution in [-0.4, -0.2) is 32.1 Å². The van der Waals surface area contributed by atoms with Crippen molar-refractivity contribution >= 4 is 7.38 Å². The molecule has 0 spiro atoms. The number of hydrogen-bond donors (Lipinski definition) is 0. The molecule has 0 unspecified atom stereocenters. The van der Waals surface area contributed by atoms with Gasteiger partial charge in [-0.3, -0.25) is 0 Å². The van der Waals surface area contributed by atoms with E-state index in [2.05, 4.69) is 0 Å². The Hall–Kier alpha value is 0.250. The first-order chi connectivity index (χ1) is 3.20. The molecule has 0 heterocycles. The van der Waals surface area contributed by atoms with Crippen molar-refractivity contribution in [3.05, 3.63) is 0 Å². The fourth-order valence-electron chi connectivity index (χ4n) is 0. The predicted octanol–water partition coefficient (Wildman–Crippen LogP) is 2.04. The van der Waals surface area contributed by atoms with Crippen molar-refractivity contribution in [3.63, 3.8) is 0 Å². The Morgan fingerprint density at radius 3 is 1.25 bits per heavy atom. The van der Waals surface area contributed by atoms with Crippen LogP contribution in [0.4, 0.5) is 8.39 Å². The van der Waals surface area contributed by atoms with Crippen LogP contribution in [0.3, 0.4) is 0 Å². The van der Waals surface area contributed by atoms with E-state index in [1.807, 2.05) is 0 Å². The molecule has 0 saturated carbocycles. The maximum atomic E-state index is 12.6. The average Bonchev–Trinajstić information content (AvgIpc) is 1.27. The number of nitrogens with zero attached hydrogens (tertiary/aromatic N) is 1. The predicted molar refractivity (Wildman–Crippen MR) is 34.7 cm³/mol. The Balaban J connectivity index is 4.14. The summed E-state index contributed by atoms with van der Waals surface area (Å²) in [6.07, 6.45) is 0. The molecule has 0 aliphatic carbocycles. The van der Waals surface area contributed by atoms with Gasteiger partial charge in [0.15, 0.2) is 0 Å². The summed E-state index contributed by atoms with van der Waals surface area (Å²) in [6, 6.07) is 0. The molecule has 0 bridgehead atoms. The van der Waals surface area contributed by atoms with Crippen LogP contribution in [0.25, 0.3) is 0 Å². The monoisotopic (exact) mass is 143 g/mol. The molecule has 4 heteroatoms. The first-order valence-corrected chi connectivity index (χ1v) is 5.19. The molecule has 0 aliphatic rings. The number of hydrogen-bond acceptors (Lipinski definition) is 1. The van der Waals surface area contributed by atoms with Crippen molar-refractivity contribution < 1.29 is 8.39 Å². The maximum absolute atomic E-state index is 12.6. The average molecular weight is 143 g/mol. The molecule has 8 heavy (non-hydrogen) atoms. The molecule has 0 fully saturated rings. The summed E-state index contributed by atoms with van der Waals surface area (Å²) in [7, 11) is -1.55. The van der Waals surface area contributed by atoms with Gasteiger partial charge in [0.25, 0.3) is 0 Å². The quantitative estimate of drug-likeness (QED) is 0.508. The Bertz CT molecular complexity index is 84.7.